The van der Waals surface area contributed by atoms with E-state index in [1.807, 2.05) is 0 Å². The lowest BCUT2D eigenvalue weighted by Crippen LogP contribution is -2.31. The van der Waals surface area contributed by atoms with Crippen LogP contribution in [0.1, 0.15) is 34.1 Å². The van der Waals surface area contributed by atoms with E-state index < -0.39 is 0 Å². The highest BCUT2D eigenvalue weighted by molar-refractivity contribution is 5.88. The van der Waals surface area contributed by atoms with Gasteiger partial charge >= 0.3 is 0 Å². The Labute approximate surface area is 75.6 Å². The van der Waals surface area contributed by atoms with Crippen LogP contribution in [0.4, 0.5) is 0 Å². The lowest BCUT2D eigenvalue weighted by atomic mass is 9.85. The zero-order valence-corrected chi connectivity index (χ0v) is 8.83. The molecule has 0 spiro atoms. The van der Waals surface area contributed by atoms with Crippen molar-refractivity contribution in [3.8, 4) is 0 Å². The molecule has 0 saturated heterocycles. The van der Waals surface area contributed by atoms with Gasteiger partial charge in [-0.05, 0) is 19.3 Å². The predicted octanol–water partition coefficient (Wildman–Crippen LogP) is 2.36. The molecular formula is C10H20N2. The van der Waals surface area contributed by atoms with Crippen molar-refractivity contribution in [1.29, 1.82) is 0 Å². The molecule has 2 heteroatoms. The van der Waals surface area contributed by atoms with Crippen LogP contribution in [0.2, 0.25) is 0 Å². The first kappa shape index (κ1) is 9.56. The molecule has 2 nitrogen and oxygen atoms in total. The fraction of sp³-hybridized carbons (Fsp3) is 0.900. The van der Waals surface area contributed by atoms with Crippen molar-refractivity contribution < 1.29 is 0 Å². The third-order valence-electron chi connectivity index (χ3n) is 2.86. The molecule has 1 heterocycles. The van der Waals surface area contributed by atoms with E-state index in [1.165, 1.54) is 5.71 Å². The Hall–Kier alpha value is -0.530. The van der Waals surface area contributed by atoms with Gasteiger partial charge in [-0.3, -0.25) is 5.01 Å². The van der Waals surface area contributed by atoms with Crippen molar-refractivity contribution in [2.24, 2.45) is 16.9 Å². The molecular weight excluding hydrogens is 148 g/mol. The third kappa shape index (κ3) is 1.47. The summed E-state index contributed by atoms with van der Waals surface area (Å²) < 4.78 is 0. The Kier molecular flexibility index (Phi) is 2.76. The second kappa shape index (κ2) is 3.46. The van der Waals surface area contributed by atoms with E-state index in [4.69, 9.17) is 0 Å². The number of rotatable bonds is 2. The van der Waals surface area contributed by atoms with Gasteiger partial charge in [0.25, 0.3) is 0 Å². The Bertz CT molecular complexity index is 184. The number of hydrazone groups is 1. The van der Waals surface area contributed by atoms with Crippen LogP contribution in [0.25, 0.3) is 0 Å². The first-order valence-electron chi connectivity index (χ1n) is 4.88. The maximum Gasteiger partial charge on any atom is 0.0522 e. The molecule has 1 rings (SSSR count). The smallest absolute Gasteiger partial charge is 0.0522 e. The van der Waals surface area contributed by atoms with Crippen molar-refractivity contribution in [2.45, 2.75) is 40.2 Å². The Morgan fingerprint density at radius 3 is 2.42 bits per heavy atom. The van der Waals surface area contributed by atoms with E-state index in [0.717, 1.165) is 6.42 Å². The third-order valence-corrected chi connectivity index (χ3v) is 2.86. The second-order valence-electron chi connectivity index (χ2n) is 4.03. The van der Waals surface area contributed by atoms with Gasteiger partial charge in [0.1, 0.15) is 0 Å². The number of hydrogen-bond acceptors (Lipinski definition) is 2. The first-order valence-corrected chi connectivity index (χ1v) is 4.88. The lowest BCUT2D eigenvalue weighted by Gasteiger charge is -2.24. The van der Waals surface area contributed by atoms with Crippen molar-refractivity contribution in [1.82, 2.24) is 5.01 Å². The molecule has 2 atom stereocenters. The minimum Gasteiger partial charge on any atom is -0.297 e. The van der Waals surface area contributed by atoms with Gasteiger partial charge in [-0.25, -0.2) is 0 Å². The van der Waals surface area contributed by atoms with E-state index in [1.54, 1.807) is 0 Å². The molecule has 0 fully saturated rings. The lowest BCUT2D eigenvalue weighted by molar-refractivity contribution is 0.237. The van der Waals surface area contributed by atoms with Crippen molar-refractivity contribution in [2.75, 3.05) is 7.05 Å². The van der Waals surface area contributed by atoms with Gasteiger partial charge in [0.05, 0.1) is 6.04 Å². The van der Waals surface area contributed by atoms with Crippen LogP contribution >= 0.6 is 0 Å². The normalized spacial score (nSPS) is 29.8. The van der Waals surface area contributed by atoms with Crippen LogP contribution in [-0.2, 0) is 0 Å². The molecule has 0 aromatic heterocycles. The summed E-state index contributed by atoms with van der Waals surface area (Å²) in [6, 6.07) is 0.583. The number of hydrogen-bond donors (Lipinski definition) is 0. The molecule has 0 aliphatic carbocycles. The zero-order chi connectivity index (χ0) is 9.30. The van der Waals surface area contributed by atoms with Crippen LogP contribution in [-0.4, -0.2) is 23.8 Å². The summed E-state index contributed by atoms with van der Waals surface area (Å²) in [7, 11) is 2.07. The fourth-order valence-electron chi connectivity index (χ4n) is 2.12. The second-order valence-corrected chi connectivity index (χ2v) is 4.03. The minimum absolute atomic E-state index is 0.583. The van der Waals surface area contributed by atoms with Crippen molar-refractivity contribution in [3.63, 3.8) is 0 Å². The summed E-state index contributed by atoms with van der Waals surface area (Å²) in [4.78, 5) is 0. The quantitative estimate of drug-likeness (QED) is 0.618. The predicted molar refractivity (Wildman–Crippen MR) is 53.3 cm³/mol. The number of nitrogens with zero attached hydrogens (tertiary/aromatic N) is 2. The maximum absolute atomic E-state index is 4.54. The molecule has 0 amide bonds. The summed E-state index contributed by atoms with van der Waals surface area (Å²) in [6.45, 7) is 9.02. The van der Waals surface area contributed by atoms with Crippen LogP contribution in [0.5, 0.6) is 0 Å². The average Bonchev–Trinajstić information content (AvgIpc) is 2.28. The molecule has 1 aliphatic rings. The first-order chi connectivity index (χ1) is 5.57. The molecule has 0 aromatic carbocycles. The summed E-state index contributed by atoms with van der Waals surface area (Å²) in [5.41, 5.74) is 1.38. The highest BCUT2D eigenvalue weighted by Crippen LogP contribution is 2.28. The molecule has 0 bridgehead atoms. The average molecular weight is 168 g/mol. The van der Waals surface area contributed by atoms with E-state index in [9.17, 15) is 0 Å². The summed E-state index contributed by atoms with van der Waals surface area (Å²) in [5, 5.41) is 6.64. The summed E-state index contributed by atoms with van der Waals surface area (Å²) in [5.74, 6) is 1.38. The molecule has 1 aliphatic heterocycles. The summed E-state index contributed by atoms with van der Waals surface area (Å²) >= 11 is 0. The van der Waals surface area contributed by atoms with Crippen LogP contribution in [0.15, 0.2) is 5.10 Å². The van der Waals surface area contributed by atoms with Gasteiger partial charge in [0.15, 0.2) is 0 Å². The monoisotopic (exact) mass is 168 g/mol. The zero-order valence-electron chi connectivity index (χ0n) is 8.83. The molecule has 2 unspecified atom stereocenters. The molecule has 0 saturated carbocycles. The standard InChI is InChI=1S/C10H20N2/c1-6-9-10(7(2)3)8(4)12(5)11-9/h7-8,10H,6H2,1-5H3. The van der Waals surface area contributed by atoms with Gasteiger partial charge in [-0.1, -0.05) is 20.8 Å². The molecule has 70 valence electrons. The van der Waals surface area contributed by atoms with Gasteiger partial charge < -0.3 is 0 Å². The highest BCUT2D eigenvalue weighted by Gasteiger charge is 2.32. The minimum atomic E-state index is 0.583. The summed E-state index contributed by atoms with van der Waals surface area (Å²) in [6.07, 6.45) is 1.09. The molecule has 0 N–H and O–H groups in total. The van der Waals surface area contributed by atoms with Crippen LogP contribution in [0.3, 0.4) is 0 Å². The van der Waals surface area contributed by atoms with E-state index in [0.29, 0.717) is 17.9 Å². The van der Waals surface area contributed by atoms with Gasteiger partial charge in [-0.2, -0.15) is 5.10 Å². The Morgan fingerprint density at radius 2 is 2.08 bits per heavy atom. The van der Waals surface area contributed by atoms with Crippen LogP contribution in [0, 0.1) is 11.8 Å². The van der Waals surface area contributed by atoms with Crippen LogP contribution < -0.4 is 0 Å². The van der Waals surface area contributed by atoms with Crippen molar-refractivity contribution in [3.05, 3.63) is 0 Å². The van der Waals surface area contributed by atoms with E-state index in [2.05, 4.69) is 44.9 Å². The van der Waals surface area contributed by atoms with E-state index in [-0.39, 0.29) is 0 Å². The van der Waals surface area contributed by atoms with Gasteiger partial charge in [-0.15, -0.1) is 0 Å². The van der Waals surface area contributed by atoms with Gasteiger partial charge in [0, 0.05) is 18.7 Å². The Morgan fingerprint density at radius 1 is 1.50 bits per heavy atom. The molecule has 12 heavy (non-hydrogen) atoms. The highest BCUT2D eigenvalue weighted by atomic mass is 15.5. The maximum atomic E-state index is 4.54. The fourth-order valence-corrected chi connectivity index (χ4v) is 2.12. The SMILES string of the molecule is CCC1=NN(C)C(C)C1C(C)C. The van der Waals surface area contributed by atoms with E-state index >= 15 is 0 Å². The molecule has 0 aromatic rings. The Balaban J connectivity index is 2.78. The largest absolute Gasteiger partial charge is 0.297 e. The topological polar surface area (TPSA) is 15.6 Å². The molecule has 0 radical (unpaired) electrons. The van der Waals surface area contributed by atoms with Gasteiger partial charge in [0.2, 0.25) is 0 Å². The van der Waals surface area contributed by atoms with Crippen molar-refractivity contribution >= 4 is 5.71 Å².